The third-order valence-corrected chi connectivity index (χ3v) is 3.12. The van der Waals surface area contributed by atoms with Crippen molar-refractivity contribution in [1.82, 2.24) is 5.32 Å². The molecule has 0 unspecified atom stereocenters. The van der Waals surface area contributed by atoms with Crippen molar-refractivity contribution < 1.29 is 4.74 Å². The Hall–Kier alpha value is -0.0800. The molecule has 2 atom stereocenters. The first-order valence-corrected chi connectivity index (χ1v) is 6.63. The Morgan fingerprint density at radius 2 is 1.80 bits per heavy atom. The second kappa shape index (κ2) is 7.24. The Labute approximate surface area is 94.8 Å². The lowest BCUT2D eigenvalue weighted by molar-refractivity contribution is -0.0236. The van der Waals surface area contributed by atoms with Gasteiger partial charge in [0.05, 0.1) is 12.2 Å². The second-order valence-electron chi connectivity index (χ2n) is 4.88. The molecule has 0 radical (unpaired) electrons. The molecular formula is C13H27NO. The van der Waals surface area contributed by atoms with Gasteiger partial charge in [0.15, 0.2) is 0 Å². The molecule has 1 N–H and O–H groups in total. The molecule has 1 saturated carbocycles. The van der Waals surface area contributed by atoms with Crippen LogP contribution >= 0.6 is 0 Å². The van der Waals surface area contributed by atoms with E-state index in [1.807, 2.05) is 0 Å². The Morgan fingerprint density at radius 1 is 1.13 bits per heavy atom. The number of hydrogen-bond donors (Lipinski definition) is 1. The summed E-state index contributed by atoms with van der Waals surface area (Å²) in [7, 11) is 0. The fraction of sp³-hybridized carbons (Fsp3) is 1.00. The summed E-state index contributed by atoms with van der Waals surface area (Å²) in [4.78, 5) is 0. The first kappa shape index (κ1) is 13.0. The molecule has 15 heavy (non-hydrogen) atoms. The van der Waals surface area contributed by atoms with E-state index in [1.54, 1.807) is 0 Å². The van der Waals surface area contributed by atoms with E-state index in [1.165, 1.54) is 38.5 Å². The average Bonchev–Trinajstić information content (AvgIpc) is 2.15. The van der Waals surface area contributed by atoms with Crippen LogP contribution < -0.4 is 5.32 Å². The maximum atomic E-state index is 6.03. The molecule has 2 heteroatoms. The highest BCUT2D eigenvalue weighted by atomic mass is 16.5. The van der Waals surface area contributed by atoms with Crippen LogP contribution in [0.5, 0.6) is 0 Å². The highest BCUT2D eigenvalue weighted by molar-refractivity contribution is 4.79. The first-order chi connectivity index (χ1) is 7.24. The molecule has 0 aliphatic heterocycles. The topological polar surface area (TPSA) is 21.3 Å². The van der Waals surface area contributed by atoms with Crippen LogP contribution in [0.25, 0.3) is 0 Å². The Balaban J connectivity index is 2.47. The SMILES string of the molecule is CCN[C@@H]1CCCCCC[C@@H]1OC(C)C. The van der Waals surface area contributed by atoms with Crippen LogP contribution in [0.3, 0.4) is 0 Å². The summed E-state index contributed by atoms with van der Waals surface area (Å²) in [5.41, 5.74) is 0. The van der Waals surface area contributed by atoms with Gasteiger partial charge in [0.1, 0.15) is 0 Å². The van der Waals surface area contributed by atoms with Gasteiger partial charge in [0.2, 0.25) is 0 Å². The van der Waals surface area contributed by atoms with E-state index in [0.29, 0.717) is 18.2 Å². The molecule has 0 aromatic heterocycles. The molecule has 0 spiro atoms. The zero-order valence-electron chi connectivity index (χ0n) is 10.6. The molecule has 0 saturated heterocycles. The van der Waals surface area contributed by atoms with Crippen molar-refractivity contribution in [2.75, 3.05) is 6.54 Å². The maximum absolute atomic E-state index is 6.03. The van der Waals surface area contributed by atoms with Gasteiger partial charge in [-0.1, -0.05) is 32.6 Å². The Kier molecular flexibility index (Phi) is 6.26. The number of nitrogens with one attached hydrogen (secondary N) is 1. The quantitative estimate of drug-likeness (QED) is 0.775. The van der Waals surface area contributed by atoms with Crippen molar-refractivity contribution in [3.8, 4) is 0 Å². The zero-order chi connectivity index (χ0) is 11.1. The van der Waals surface area contributed by atoms with Gasteiger partial charge in [-0.2, -0.15) is 0 Å². The van der Waals surface area contributed by atoms with Gasteiger partial charge in [0.25, 0.3) is 0 Å². The van der Waals surface area contributed by atoms with Gasteiger partial charge in [0, 0.05) is 6.04 Å². The van der Waals surface area contributed by atoms with Gasteiger partial charge >= 0.3 is 0 Å². The molecular weight excluding hydrogens is 186 g/mol. The smallest absolute Gasteiger partial charge is 0.0731 e. The maximum Gasteiger partial charge on any atom is 0.0731 e. The van der Waals surface area contributed by atoms with E-state index >= 15 is 0 Å². The molecule has 0 aromatic carbocycles. The van der Waals surface area contributed by atoms with Gasteiger partial charge in [-0.25, -0.2) is 0 Å². The molecule has 1 aliphatic carbocycles. The first-order valence-electron chi connectivity index (χ1n) is 6.63. The van der Waals surface area contributed by atoms with Crippen LogP contribution in [0.4, 0.5) is 0 Å². The molecule has 1 fully saturated rings. The molecule has 1 aliphatic rings. The van der Waals surface area contributed by atoms with E-state index < -0.39 is 0 Å². The predicted octanol–water partition coefficient (Wildman–Crippen LogP) is 3.11. The third kappa shape index (κ3) is 4.98. The highest BCUT2D eigenvalue weighted by Gasteiger charge is 2.23. The van der Waals surface area contributed by atoms with Gasteiger partial charge in [-0.05, 0) is 33.2 Å². The lowest BCUT2D eigenvalue weighted by Crippen LogP contribution is -2.43. The van der Waals surface area contributed by atoms with E-state index in [9.17, 15) is 0 Å². The van der Waals surface area contributed by atoms with Crippen molar-refractivity contribution in [1.29, 1.82) is 0 Å². The monoisotopic (exact) mass is 213 g/mol. The number of hydrogen-bond acceptors (Lipinski definition) is 2. The van der Waals surface area contributed by atoms with E-state index in [0.717, 1.165) is 6.54 Å². The van der Waals surface area contributed by atoms with E-state index in [4.69, 9.17) is 4.74 Å². The summed E-state index contributed by atoms with van der Waals surface area (Å²) < 4.78 is 6.03. The van der Waals surface area contributed by atoms with Crippen molar-refractivity contribution >= 4 is 0 Å². The van der Waals surface area contributed by atoms with Crippen molar-refractivity contribution in [3.63, 3.8) is 0 Å². The van der Waals surface area contributed by atoms with Crippen molar-refractivity contribution in [3.05, 3.63) is 0 Å². The summed E-state index contributed by atoms with van der Waals surface area (Å²) in [5, 5.41) is 3.58. The molecule has 90 valence electrons. The van der Waals surface area contributed by atoms with Crippen LogP contribution in [0.15, 0.2) is 0 Å². The Bertz CT molecular complexity index is 159. The molecule has 0 amide bonds. The number of likely N-dealkylation sites (N-methyl/N-ethyl adjacent to an activating group) is 1. The Morgan fingerprint density at radius 3 is 2.40 bits per heavy atom. The van der Waals surface area contributed by atoms with Crippen LogP contribution in [0.2, 0.25) is 0 Å². The summed E-state index contributed by atoms with van der Waals surface area (Å²) >= 11 is 0. The summed E-state index contributed by atoms with van der Waals surface area (Å²) in [5.74, 6) is 0. The van der Waals surface area contributed by atoms with Gasteiger partial charge in [-0.3, -0.25) is 0 Å². The number of rotatable bonds is 4. The number of ether oxygens (including phenoxy) is 1. The minimum absolute atomic E-state index is 0.357. The molecule has 0 aromatic rings. The highest BCUT2D eigenvalue weighted by Crippen LogP contribution is 2.21. The largest absolute Gasteiger partial charge is 0.374 e. The standard InChI is InChI=1S/C13H27NO/c1-4-14-12-9-7-5-6-8-10-13(12)15-11(2)3/h11-14H,4-10H2,1-3H3/t12-,13+/m1/s1. The summed E-state index contributed by atoms with van der Waals surface area (Å²) in [6, 6.07) is 0.581. The fourth-order valence-corrected chi connectivity index (χ4v) is 2.46. The van der Waals surface area contributed by atoms with Crippen LogP contribution in [0, 0.1) is 0 Å². The lowest BCUT2D eigenvalue weighted by Gasteiger charge is -2.31. The van der Waals surface area contributed by atoms with Crippen LogP contribution in [-0.4, -0.2) is 24.8 Å². The normalized spacial score (nSPS) is 28.8. The van der Waals surface area contributed by atoms with Gasteiger partial charge in [-0.15, -0.1) is 0 Å². The van der Waals surface area contributed by atoms with E-state index in [-0.39, 0.29) is 0 Å². The predicted molar refractivity (Wildman–Crippen MR) is 65.2 cm³/mol. The van der Waals surface area contributed by atoms with Crippen molar-refractivity contribution in [2.24, 2.45) is 0 Å². The van der Waals surface area contributed by atoms with Crippen molar-refractivity contribution in [2.45, 2.75) is 77.5 Å². The molecule has 0 bridgehead atoms. The molecule has 0 heterocycles. The molecule has 2 nitrogen and oxygen atoms in total. The van der Waals surface area contributed by atoms with Crippen LogP contribution in [-0.2, 0) is 4.74 Å². The second-order valence-corrected chi connectivity index (χ2v) is 4.88. The molecule has 1 rings (SSSR count). The summed E-state index contributed by atoms with van der Waals surface area (Å²) in [6.07, 6.45) is 8.78. The minimum Gasteiger partial charge on any atom is -0.374 e. The summed E-state index contributed by atoms with van der Waals surface area (Å²) in [6.45, 7) is 7.53. The lowest BCUT2D eigenvalue weighted by atomic mass is 9.94. The minimum atomic E-state index is 0.357. The van der Waals surface area contributed by atoms with E-state index in [2.05, 4.69) is 26.1 Å². The zero-order valence-corrected chi connectivity index (χ0v) is 10.6. The third-order valence-electron chi connectivity index (χ3n) is 3.12. The fourth-order valence-electron chi connectivity index (χ4n) is 2.46. The average molecular weight is 213 g/mol. The van der Waals surface area contributed by atoms with Gasteiger partial charge < -0.3 is 10.1 Å². The van der Waals surface area contributed by atoms with Crippen LogP contribution in [0.1, 0.15) is 59.3 Å².